The van der Waals surface area contributed by atoms with Gasteiger partial charge in [-0.2, -0.15) is 13.2 Å². The minimum atomic E-state index is -4.66. The first-order valence-electron chi connectivity index (χ1n) is 10.1. The number of carbonyl (C=O) groups is 1. The standard InChI is InChI=1S/C22H15F3N4O7/c1-11-13(3-2-4-15(11)22(23,24)25)9-29-18(30)16(35-21(33)34)10-28(20(29)32)14-7-5-12(6-8-14)17-26-19(31)36-27-17/h2-8,10H,9H2,1H3,(H,33,34)(H,26,27,31). The van der Waals surface area contributed by atoms with Gasteiger partial charge in [-0.25, -0.2) is 14.4 Å². The van der Waals surface area contributed by atoms with Crippen molar-refractivity contribution in [3.63, 3.8) is 0 Å². The topological polar surface area (TPSA) is 149 Å². The maximum atomic E-state index is 13.3. The highest BCUT2D eigenvalue weighted by molar-refractivity contribution is 5.61. The summed E-state index contributed by atoms with van der Waals surface area (Å²) in [6.45, 7) is 0.620. The molecule has 0 radical (unpaired) electrons. The van der Waals surface area contributed by atoms with Crippen LogP contribution in [-0.4, -0.2) is 30.5 Å². The van der Waals surface area contributed by atoms with E-state index in [2.05, 4.69) is 19.4 Å². The van der Waals surface area contributed by atoms with Gasteiger partial charge in [0.2, 0.25) is 5.75 Å². The third kappa shape index (κ3) is 4.68. The number of nitrogens with one attached hydrogen (secondary N) is 1. The number of ether oxygens (including phenoxy) is 1. The van der Waals surface area contributed by atoms with Crippen molar-refractivity contribution in [1.29, 1.82) is 0 Å². The first-order valence-corrected chi connectivity index (χ1v) is 10.1. The molecule has 14 heteroatoms. The summed E-state index contributed by atoms with van der Waals surface area (Å²) < 4.78 is 50.4. The molecule has 4 rings (SSSR count). The number of aromatic amines is 1. The number of nitrogens with zero attached hydrogens (tertiary/aromatic N) is 3. The van der Waals surface area contributed by atoms with Crippen molar-refractivity contribution in [2.75, 3.05) is 0 Å². The molecule has 11 nitrogen and oxygen atoms in total. The summed E-state index contributed by atoms with van der Waals surface area (Å²) in [7, 11) is 0. The Morgan fingerprint density at radius 3 is 2.42 bits per heavy atom. The highest BCUT2D eigenvalue weighted by Crippen LogP contribution is 2.33. The van der Waals surface area contributed by atoms with Crippen LogP contribution in [0.15, 0.2) is 67.6 Å². The van der Waals surface area contributed by atoms with Crippen molar-refractivity contribution in [3.8, 4) is 22.8 Å². The van der Waals surface area contributed by atoms with Crippen molar-refractivity contribution >= 4 is 6.16 Å². The van der Waals surface area contributed by atoms with E-state index < -0.39 is 47.2 Å². The first kappa shape index (κ1) is 24.3. The van der Waals surface area contributed by atoms with Gasteiger partial charge in [0.15, 0.2) is 5.82 Å². The summed E-state index contributed by atoms with van der Waals surface area (Å²) in [6.07, 6.45) is -5.62. The van der Waals surface area contributed by atoms with E-state index in [9.17, 15) is 32.3 Å². The second kappa shape index (κ2) is 9.05. The second-order valence-corrected chi connectivity index (χ2v) is 7.48. The molecule has 0 bridgehead atoms. The van der Waals surface area contributed by atoms with E-state index in [0.717, 1.165) is 22.9 Å². The maximum Gasteiger partial charge on any atom is 0.511 e. The van der Waals surface area contributed by atoms with Crippen molar-refractivity contribution < 1.29 is 32.3 Å². The average molecular weight is 504 g/mol. The molecule has 186 valence electrons. The van der Waals surface area contributed by atoms with E-state index in [0.29, 0.717) is 10.1 Å². The molecule has 0 fully saturated rings. The Kier molecular flexibility index (Phi) is 6.10. The number of benzene rings is 2. The Balaban J connectivity index is 1.84. The van der Waals surface area contributed by atoms with Crippen LogP contribution in [-0.2, 0) is 12.7 Å². The molecule has 4 aromatic rings. The highest BCUT2D eigenvalue weighted by atomic mass is 19.4. The van der Waals surface area contributed by atoms with Crippen molar-refractivity contribution in [2.24, 2.45) is 0 Å². The van der Waals surface area contributed by atoms with Gasteiger partial charge >= 0.3 is 23.8 Å². The molecular weight excluding hydrogens is 489 g/mol. The predicted molar refractivity (Wildman–Crippen MR) is 116 cm³/mol. The van der Waals surface area contributed by atoms with Crippen LogP contribution < -0.4 is 21.7 Å². The van der Waals surface area contributed by atoms with E-state index in [1.54, 1.807) is 0 Å². The molecule has 0 amide bonds. The Labute approximate surface area is 197 Å². The second-order valence-electron chi connectivity index (χ2n) is 7.48. The van der Waals surface area contributed by atoms with Gasteiger partial charge in [-0.05, 0) is 48.4 Å². The molecule has 0 aliphatic heterocycles. The summed E-state index contributed by atoms with van der Waals surface area (Å²) in [5.74, 6) is -1.41. The largest absolute Gasteiger partial charge is 0.511 e. The van der Waals surface area contributed by atoms with Crippen LogP contribution in [0.3, 0.4) is 0 Å². The van der Waals surface area contributed by atoms with Gasteiger partial charge < -0.3 is 9.84 Å². The Morgan fingerprint density at radius 1 is 1.14 bits per heavy atom. The summed E-state index contributed by atoms with van der Waals surface area (Å²) in [5.41, 5.74) is -2.66. The van der Waals surface area contributed by atoms with E-state index in [-0.39, 0.29) is 22.6 Å². The van der Waals surface area contributed by atoms with Gasteiger partial charge in [0.05, 0.1) is 24.0 Å². The van der Waals surface area contributed by atoms with E-state index >= 15 is 0 Å². The molecule has 2 N–H and O–H groups in total. The number of hydrogen-bond acceptors (Lipinski definition) is 7. The first-order chi connectivity index (χ1) is 17.0. The number of H-pyrrole nitrogens is 1. The number of halogens is 3. The number of aromatic nitrogens is 4. The minimum absolute atomic E-state index is 0.0217. The van der Waals surface area contributed by atoms with Crippen LogP contribution in [0.4, 0.5) is 18.0 Å². The van der Waals surface area contributed by atoms with Crippen molar-refractivity contribution in [1.82, 2.24) is 19.3 Å². The fraction of sp³-hybridized carbons (Fsp3) is 0.136. The molecule has 2 heterocycles. The molecule has 0 aliphatic carbocycles. The van der Waals surface area contributed by atoms with Crippen LogP contribution in [0.5, 0.6) is 5.75 Å². The van der Waals surface area contributed by atoms with Gasteiger partial charge in [-0.1, -0.05) is 17.3 Å². The smallest absolute Gasteiger partial charge is 0.449 e. The van der Waals surface area contributed by atoms with Gasteiger partial charge in [-0.15, -0.1) is 0 Å². The summed E-state index contributed by atoms with van der Waals surface area (Å²) in [5, 5.41) is 12.5. The zero-order valence-electron chi connectivity index (χ0n) is 18.2. The molecule has 0 unspecified atom stereocenters. The maximum absolute atomic E-state index is 13.3. The van der Waals surface area contributed by atoms with Crippen LogP contribution in [0.25, 0.3) is 17.1 Å². The van der Waals surface area contributed by atoms with Gasteiger partial charge in [0.1, 0.15) is 0 Å². The zero-order valence-corrected chi connectivity index (χ0v) is 18.2. The highest BCUT2D eigenvalue weighted by Gasteiger charge is 2.33. The molecule has 0 atom stereocenters. The van der Waals surface area contributed by atoms with E-state index in [1.807, 2.05) is 0 Å². The van der Waals surface area contributed by atoms with Gasteiger partial charge in [0, 0.05) is 5.56 Å². The average Bonchev–Trinajstić information content (AvgIpc) is 3.25. The number of carboxylic acid groups (broad SMARTS) is 1. The third-order valence-electron chi connectivity index (χ3n) is 5.28. The lowest BCUT2D eigenvalue weighted by Gasteiger charge is -2.16. The molecule has 2 aromatic carbocycles. The van der Waals surface area contributed by atoms with Crippen molar-refractivity contribution in [3.05, 3.63) is 96.7 Å². The normalized spacial score (nSPS) is 11.4. The van der Waals surface area contributed by atoms with Crippen LogP contribution in [0.2, 0.25) is 0 Å². The lowest BCUT2D eigenvalue weighted by molar-refractivity contribution is -0.138. The fourth-order valence-corrected chi connectivity index (χ4v) is 3.53. The lowest BCUT2D eigenvalue weighted by Crippen LogP contribution is -2.40. The van der Waals surface area contributed by atoms with Gasteiger partial charge in [0.25, 0.3) is 5.56 Å². The molecule has 0 saturated carbocycles. The summed E-state index contributed by atoms with van der Waals surface area (Å²) >= 11 is 0. The van der Waals surface area contributed by atoms with Gasteiger partial charge in [-0.3, -0.25) is 23.4 Å². The van der Waals surface area contributed by atoms with Crippen LogP contribution >= 0.6 is 0 Å². The Bertz CT molecular complexity index is 1630. The third-order valence-corrected chi connectivity index (χ3v) is 5.28. The predicted octanol–water partition coefficient (Wildman–Crippen LogP) is 2.77. The molecular formula is C22H15F3N4O7. The SMILES string of the molecule is Cc1c(Cn2c(=O)c(OC(=O)O)cn(-c3ccc(-c4noc(=O)[nH]4)cc3)c2=O)cccc1C(F)(F)F. The van der Waals surface area contributed by atoms with Crippen molar-refractivity contribution in [2.45, 2.75) is 19.6 Å². The number of rotatable bonds is 5. The fourth-order valence-electron chi connectivity index (χ4n) is 3.53. The molecule has 36 heavy (non-hydrogen) atoms. The minimum Gasteiger partial charge on any atom is -0.449 e. The number of alkyl halides is 3. The lowest BCUT2D eigenvalue weighted by atomic mass is 10.0. The molecule has 0 spiro atoms. The molecule has 0 saturated heterocycles. The Hall–Kier alpha value is -4.88. The van der Waals surface area contributed by atoms with Crippen LogP contribution in [0.1, 0.15) is 16.7 Å². The Morgan fingerprint density at radius 2 is 1.83 bits per heavy atom. The quantitative estimate of drug-likeness (QED) is 0.394. The monoisotopic (exact) mass is 504 g/mol. The molecule has 2 aromatic heterocycles. The number of hydrogen-bond donors (Lipinski definition) is 2. The summed E-state index contributed by atoms with van der Waals surface area (Å²) in [6, 6.07) is 9.04. The zero-order chi connectivity index (χ0) is 26.2. The summed E-state index contributed by atoms with van der Waals surface area (Å²) in [4.78, 5) is 50.7. The van der Waals surface area contributed by atoms with E-state index in [1.165, 1.54) is 37.3 Å². The van der Waals surface area contributed by atoms with E-state index in [4.69, 9.17) is 5.11 Å². The van der Waals surface area contributed by atoms with Crippen LogP contribution in [0, 0.1) is 6.92 Å². The molecule has 0 aliphatic rings.